The van der Waals surface area contributed by atoms with E-state index in [9.17, 15) is 0 Å². The van der Waals surface area contributed by atoms with E-state index in [1.807, 2.05) is 12.3 Å². The van der Waals surface area contributed by atoms with Gasteiger partial charge in [0.25, 0.3) is 0 Å². The summed E-state index contributed by atoms with van der Waals surface area (Å²) in [5, 5.41) is 3.14. The van der Waals surface area contributed by atoms with Gasteiger partial charge in [0, 0.05) is 25.8 Å². The molecule has 1 aromatic heterocycles. The van der Waals surface area contributed by atoms with Crippen LogP contribution >= 0.6 is 0 Å². The maximum atomic E-state index is 4.51. The van der Waals surface area contributed by atoms with Gasteiger partial charge in [0.1, 0.15) is 5.82 Å². The van der Waals surface area contributed by atoms with Gasteiger partial charge in [-0.1, -0.05) is 13.8 Å². The average Bonchev–Trinajstić information content (AvgIpc) is 2.60. The van der Waals surface area contributed by atoms with Crippen LogP contribution in [0, 0.1) is 5.41 Å². The van der Waals surface area contributed by atoms with E-state index in [0.29, 0.717) is 5.41 Å². The number of nitrogens with one attached hydrogen (secondary N) is 1. The van der Waals surface area contributed by atoms with Crippen LogP contribution in [0.25, 0.3) is 0 Å². The lowest BCUT2D eigenvalue weighted by Crippen LogP contribution is -2.24. The molecule has 0 aliphatic carbocycles. The van der Waals surface area contributed by atoms with E-state index in [-0.39, 0.29) is 0 Å². The SMILES string of the molecule is CCNc1nccc(N2CCC(C)(C)C2)n1. The standard InChI is InChI=1S/C12H20N4/c1-4-13-11-14-7-5-10(15-11)16-8-6-12(2,3)9-16/h5,7H,4,6,8-9H2,1-3H3,(H,13,14,15). The second kappa shape index (κ2) is 4.28. The molecular formula is C12H20N4. The van der Waals surface area contributed by atoms with Gasteiger partial charge in [-0.3, -0.25) is 0 Å². The molecule has 0 bridgehead atoms. The molecule has 0 aromatic carbocycles. The van der Waals surface area contributed by atoms with Gasteiger partial charge in [-0.05, 0) is 24.8 Å². The number of hydrogen-bond donors (Lipinski definition) is 1. The number of aromatic nitrogens is 2. The molecule has 2 heterocycles. The topological polar surface area (TPSA) is 41.1 Å². The highest BCUT2D eigenvalue weighted by Gasteiger charge is 2.29. The van der Waals surface area contributed by atoms with Crippen LogP contribution in [0.1, 0.15) is 27.2 Å². The maximum absolute atomic E-state index is 4.51. The lowest BCUT2D eigenvalue weighted by atomic mass is 9.93. The molecule has 0 radical (unpaired) electrons. The number of rotatable bonds is 3. The van der Waals surface area contributed by atoms with Gasteiger partial charge >= 0.3 is 0 Å². The Morgan fingerprint density at radius 3 is 2.94 bits per heavy atom. The van der Waals surface area contributed by atoms with Crippen LogP contribution in [0.4, 0.5) is 11.8 Å². The van der Waals surface area contributed by atoms with Crippen LogP contribution in [-0.2, 0) is 0 Å². The van der Waals surface area contributed by atoms with Crippen LogP contribution in [0.2, 0.25) is 0 Å². The lowest BCUT2D eigenvalue weighted by molar-refractivity contribution is 0.418. The molecule has 0 saturated carbocycles. The van der Waals surface area contributed by atoms with Crippen LogP contribution < -0.4 is 10.2 Å². The Balaban J connectivity index is 2.12. The first-order valence-corrected chi connectivity index (χ1v) is 5.92. The monoisotopic (exact) mass is 220 g/mol. The van der Waals surface area contributed by atoms with Gasteiger partial charge in [0.05, 0.1) is 0 Å². The third kappa shape index (κ3) is 2.43. The smallest absolute Gasteiger partial charge is 0.224 e. The van der Waals surface area contributed by atoms with Crippen molar-refractivity contribution in [3.63, 3.8) is 0 Å². The molecule has 1 N–H and O–H groups in total. The molecule has 1 aliphatic rings. The minimum atomic E-state index is 0.406. The molecule has 4 heteroatoms. The molecule has 88 valence electrons. The summed E-state index contributed by atoms with van der Waals surface area (Å²) in [6.07, 6.45) is 3.05. The fraction of sp³-hybridized carbons (Fsp3) is 0.667. The third-order valence-corrected chi connectivity index (χ3v) is 2.98. The quantitative estimate of drug-likeness (QED) is 0.847. The van der Waals surface area contributed by atoms with Crippen molar-refractivity contribution in [1.82, 2.24) is 9.97 Å². The van der Waals surface area contributed by atoms with E-state index in [0.717, 1.165) is 31.4 Å². The molecule has 1 saturated heterocycles. The summed E-state index contributed by atoms with van der Waals surface area (Å²) in [4.78, 5) is 11.0. The summed E-state index contributed by atoms with van der Waals surface area (Å²) in [5.74, 6) is 1.77. The molecule has 0 atom stereocenters. The fourth-order valence-electron chi connectivity index (χ4n) is 2.08. The fourth-order valence-corrected chi connectivity index (χ4v) is 2.08. The second-order valence-corrected chi connectivity index (χ2v) is 5.10. The Morgan fingerprint density at radius 1 is 1.50 bits per heavy atom. The molecule has 4 nitrogen and oxygen atoms in total. The van der Waals surface area contributed by atoms with Gasteiger partial charge in [-0.25, -0.2) is 4.98 Å². The predicted octanol–water partition coefficient (Wildman–Crippen LogP) is 2.14. The van der Waals surface area contributed by atoms with Crippen LogP contribution in [-0.4, -0.2) is 29.6 Å². The van der Waals surface area contributed by atoms with Crippen molar-refractivity contribution in [1.29, 1.82) is 0 Å². The van der Waals surface area contributed by atoms with Crippen molar-refractivity contribution in [2.75, 3.05) is 29.9 Å². The molecule has 1 aromatic rings. The number of anilines is 2. The summed E-state index contributed by atoms with van der Waals surface area (Å²) in [7, 11) is 0. The maximum Gasteiger partial charge on any atom is 0.224 e. The molecular weight excluding hydrogens is 200 g/mol. The normalized spacial score (nSPS) is 18.8. The molecule has 16 heavy (non-hydrogen) atoms. The first-order valence-electron chi connectivity index (χ1n) is 5.92. The summed E-state index contributed by atoms with van der Waals surface area (Å²) in [6, 6.07) is 1.99. The van der Waals surface area contributed by atoms with Gasteiger partial charge in [-0.2, -0.15) is 4.98 Å². The van der Waals surface area contributed by atoms with E-state index in [1.165, 1.54) is 6.42 Å². The van der Waals surface area contributed by atoms with Crippen LogP contribution in [0.5, 0.6) is 0 Å². The van der Waals surface area contributed by atoms with Crippen molar-refractivity contribution in [2.45, 2.75) is 27.2 Å². The van der Waals surface area contributed by atoms with E-state index in [2.05, 4.69) is 41.0 Å². The van der Waals surface area contributed by atoms with Crippen LogP contribution in [0.3, 0.4) is 0 Å². The molecule has 0 spiro atoms. The Kier molecular flexibility index (Phi) is 2.99. The summed E-state index contributed by atoms with van der Waals surface area (Å²) < 4.78 is 0. The van der Waals surface area contributed by atoms with Crippen molar-refractivity contribution in [2.24, 2.45) is 5.41 Å². The Labute approximate surface area is 97.1 Å². The van der Waals surface area contributed by atoms with E-state index >= 15 is 0 Å². The molecule has 0 amide bonds. The Morgan fingerprint density at radius 2 is 2.31 bits per heavy atom. The lowest BCUT2D eigenvalue weighted by Gasteiger charge is -2.20. The zero-order valence-corrected chi connectivity index (χ0v) is 10.3. The van der Waals surface area contributed by atoms with Crippen molar-refractivity contribution in [3.8, 4) is 0 Å². The second-order valence-electron chi connectivity index (χ2n) is 5.10. The first-order chi connectivity index (χ1) is 7.61. The zero-order valence-electron chi connectivity index (χ0n) is 10.3. The van der Waals surface area contributed by atoms with Gasteiger partial charge < -0.3 is 10.2 Å². The zero-order chi connectivity index (χ0) is 11.6. The highest BCUT2D eigenvalue weighted by Crippen LogP contribution is 2.31. The van der Waals surface area contributed by atoms with E-state index in [1.54, 1.807) is 0 Å². The number of hydrogen-bond acceptors (Lipinski definition) is 4. The van der Waals surface area contributed by atoms with Crippen molar-refractivity contribution < 1.29 is 0 Å². The number of nitrogens with zero attached hydrogens (tertiary/aromatic N) is 3. The van der Waals surface area contributed by atoms with E-state index in [4.69, 9.17) is 0 Å². The average molecular weight is 220 g/mol. The minimum absolute atomic E-state index is 0.406. The Bertz CT molecular complexity index is 362. The molecule has 1 fully saturated rings. The van der Waals surface area contributed by atoms with Gasteiger partial charge in [0.15, 0.2) is 0 Å². The minimum Gasteiger partial charge on any atom is -0.356 e. The van der Waals surface area contributed by atoms with Crippen LogP contribution in [0.15, 0.2) is 12.3 Å². The van der Waals surface area contributed by atoms with Crippen molar-refractivity contribution >= 4 is 11.8 Å². The molecule has 0 unspecified atom stereocenters. The summed E-state index contributed by atoms with van der Waals surface area (Å²) in [5.41, 5.74) is 0.406. The highest BCUT2D eigenvalue weighted by atomic mass is 15.2. The van der Waals surface area contributed by atoms with Gasteiger partial charge in [0.2, 0.25) is 5.95 Å². The Hall–Kier alpha value is -1.32. The molecule has 1 aliphatic heterocycles. The van der Waals surface area contributed by atoms with Crippen molar-refractivity contribution in [3.05, 3.63) is 12.3 Å². The summed E-state index contributed by atoms with van der Waals surface area (Å²) in [6.45, 7) is 9.69. The van der Waals surface area contributed by atoms with Gasteiger partial charge in [-0.15, -0.1) is 0 Å². The highest BCUT2D eigenvalue weighted by molar-refractivity contribution is 5.43. The molecule has 2 rings (SSSR count). The largest absolute Gasteiger partial charge is 0.356 e. The third-order valence-electron chi connectivity index (χ3n) is 2.98. The first kappa shape index (κ1) is 11.2. The predicted molar refractivity (Wildman–Crippen MR) is 66.8 cm³/mol. The van der Waals surface area contributed by atoms with E-state index < -0.39 is 0 Å². The summed E-state index contributed by atoms with van der Waals surface area (Å²) >= 11 is 0.